The predicted molar refractivity (Wildman–Crippen MR) is 141 cm³/mol. The molecule has 0 saturated heterocycles. The van der Waals surface area contributed by atoms with E-state index in [0.29, 0.717) is 75.5 Å². The normalized spacial score (nSPS) is 10.5. The summed E-state index contributed by atoms with van der Waals surface area (Å²) in [4.78, 5) is 36.2. The van der Waals surface area contributed by atoms with Gasteiger partial charge in [-0.05, 0) is 18.1 Å². The van der Waals surface area contributed by atoms with Crippen LogP contribution in [0.1, 0.15) is 16.1 Å². The van der Waals surface area contributed by atoms with Crippen molar-refractivity contribution >= 4 is 23.6 Å². The van der Waals surface area contributed by atoms with Crippen LogP contribution in [-0.2, 0) is 23.7 Å². The molecule has 0 fully saturated rings. The number of anilines is 2. The van der Waals surface area contributed by atoms with Gasteiger partial charge in [0, 0.05) is 66.1 Å². The first-order valence-electron chi connectivity index (χ1n) is 11.8. The van der Waals surface area contributed by atoms with Crippen molar-refractivity contribution < 1.29 is 38.7 Å². The molecule has 1 aromatic heterocycles. The van der Waals surface area contributed by atoms with Crippen molar-refractivity contribution in [2.45, 2.75) is 0 Å². The lowest BCUT2D eigenvalue weighted by molar-refractivity contribution is -0.130. The van der Waals surface area contributed by atoms with Crippen LogP contribution in [0.25, 0.3) is 11.3 Å². The topological polar surface area (TPSA) is 144 Å². The standard InChI is InChI=1S/C26H34N4O8/c1-35-15-11-29(12-16-36-2)24-21(9-10-22(31)32)27-25(30(13-17-37-3)14-18-38-4)23(28-24)19-5-7-20(8-6-19)26(33)34/h5-8H,11-18H2,1-4H3,(H,31,32)(H,33,34). The number of aromatic carboxylic acids is 1. The number of rotatable bonds is 16. The van der Waals surface area contributed by atoms with Gasteiger partial charge in [0.05, 0.1) is 32.0 Å². The molecule has 2 N–H and O–H groups in total. The van der Waals surface area contributed by atoms with Crippen molar-refractivity contribution in [3.05, 3.63) is 35.5 Å². The number of aliphatic carboxylic acids is 1. The van der Waals surface area contributed by atoms with E-state index in [0.717, 1.165) is 0 Å². The molecule has 0 aliphatic rings. The van der Waals surface area contributed by atoms with Gasteiger partial charge in [-0.15, -0.1) is 0 Å². The van der Waals surface area contributed by atoms with E-state index in [2.05, 4.69) is 11.8 Å². The van der Waals surface area contributed by atoms with E-state index in [-0.39, 0.29) is 11.3 Å². The molecule has 12 nitrogen and oxygen atoms in total. The molecule has 0 atom stereocenters. The summed E-state index contributed by atoms with van der Waals surface area (Å²) in [5.41, 5.74) is 1.38. The van der Waals surface area contributed by atoms with Crippen LogP contribution in [0, 0.1) is 11.8 Å². The number of hydrogen-bond donors (Lipinski definition) is 2. The monoisotopic (exact) mass is 530 g/mol. The number of aromatic nitrogens is 2. The fourth-order valence-electron chi connectivity index (χ4n) is 3.47. The Kier molecular flexibility index (Phi) is 13.0. The van der Waals surface area contributed by atoms with Crippen LogP contribution in [0.2, 0.25) is 0 Å². The quantitative estimate of drug-likeness (QED) is 0.303. The van der Waals surface area contributed by atoms with Crippen molar-refractivity contribution in [2.24, 2.45) is 0 Å². The molecule has 0 bridgehead atoms. The molecule has 0 amide bonds. The third kappa shape index (κ3) is 8.97. The highest BCUT2D eigenvalue weighted by atomic mass is 16.5. The number of carboxylic acids is 2. The highest BCUT2D eigenvalue weighted by molar-refractivity contribution is 5.89. The molecule has 12 heteroatoms. The van der Waals surface area contributed by atoms with Crippen molar-refractivity contribution in [1.82, 2.24) is 9.97 Å². The lowest BCUT2D eigenvalue weighted by atomic mass is 10.1. The van der Waals surface area contributed by atoms with Crippen LogP contribution < -0.4 is 9.80 Å². The summed E-state index contributed by atoms with van der Waals surface area (Å²) >= 11 is 0. The van der Waals surface area contributed by atoms with Crippen LogP contribution in [0.5, 0.6) is 0 Å². The Balaban J connectivity index is 2.83. The van der Waals surface area contributed by atoms with E-state index < -0.39 is 11.9 Å². The smallest absolute Gasteiger partial charge is 0.382 e. The Morgan fingerprint density at radius 1 is 0.763 bits per heavy atom. The zero-order valence-corrected chi connectivity index (χ0v) is 22.1. The van der Waals surface area contributed by atoms with E-state index in [1.54, 1.807) is 40.6 Å². The van der Waals surface area contributed by atoms with Gasteiger partial charge in [0.1, 0.15) is 5.69 Å². The SMILES string of the molecule is COCCN(CCOC)c1nc(-c2ccc(C(=O)O)cc2)c(N(CCOC)CCOC)nc1C#CC(=O)O. The number of methoxy groups -OCH3 is 4. The zero-order valence-electron chi connectivity index (χ0n) is 22.1. The molecule has 0 radical (unpaired) electrons. The lowest BCUT2D eigenvalue weighted by Gasteiger charge is -2.29. The second kappa shape index (κ2) is 16.2. The molecular weight excluding hydrogens is 496 g/mol. The Morgan fingerprint density at radius 3 is 1.66 bits per heavy atom. The van der Waals surface area contributed by atoms with Crippen molar-refractivity contribution in [2.75, 3.05) is 90.8 Å². The van der Waals surface area contributed by atoms with Crippen molar-refractivity contribution in [3.8, 4) is 23.1 Å². The molecular formula is C26H34N4O8. The van der Waals surface area contributed by atoms with Gasteiger partial charge in [-0.25, -0.2) is 19.6 Å². The molecule has 206 valence electrons. The number of hydrogen-bond acceptors (Lipinski definition) is 10. The molecule has 0 aliphatic carbocycles. The first-order chi connectivity index (χ1) is 18.4. The molecule has 0 saturated carbocycles. The van der Waals surface area contributed by atoms with Gasteiger partial charge in [0.2, 0.25) is 0 Å². The van der Waals surface area contributed by atoms with Gasteiger partial charge in [-0.2, -0.15) is 0 Å². The van der Waals surface area contributed by atoms with E-state index in [1.165, 1.54) is 12.1 Å². The molecule has 38 heavy (non-hydrogen) atoms. The summed E-state index contributed by atoms with van der Waals surface area (Å²) in [5, 5.41) is 18.6. The zero-order chi connectivity index (χ0) is 27.9. The Hall–Kier alpha value is -3.76. The summed E-state index contributed by atoms with van der Waals surface area (Å²) < 4.78 is 21.1. The number of ether oxygens (including phenoxy) is 4. The minimum Gasteiger partial charge on any atom is -0.478 e. The summed E-state index contributed by atoms with van der Waals surface area (Å²) in [7, 11) is 6.32. The van der Waals surface area contributed by atoms with Gasteiger partial charge < -0.3 is 39.0 Å². The average molecular weight is 531 g/mol. The molecule has 0 unspecified atom stereocenters. The van der Waals surface area contributed by atoms with E-state index >= 15 is 0 Å². The Labute approximate surface area is 222 Å². The van der Waals surface area contributed by atoms with Crippen LogP contribution >= 0.6 is 0 Å². The number of nitrogens with zero attached hydrogens (tertiary/aromatic N) is 4. The van der Waals surface area contributed by atoms with Gasteiger partial charge in [0.25, 0.3) is 0 Å². The van der Waals surface area contributed by atoms with Gasteiger partial charge in [0.15, 0.2) is 17.3 Å². The Bertz CT molecular complexity index is 1100. The van der Waals surface area contributed by atoms with Crippen LogP contribution in [0.15, 0.2) is 24.3 Å². The lowest BCUT2D eigenvalue weighted by Crippen LogP contribution is -2.35. The van der Waals surface area contributed by atoms with E-state index in [4.69, 9.17) is 28.9 Å². The minimum atomic E-state index is -1.30. The number of benzene rings is 1. The van der Waals surface area contributed by atoms with E-state index in [1.807, 2.05) is 9.80 Å². The van der Waals surface area contributed by atoms with Crippen LogP contribution in [-0.4, -0.2) is 113 Å². The number of carbonyl (C=O) groups is 2. The fraction of sp³-hybridized carbons (Fsp3) is 0.462. The maximum Gasteiger partial charge on any atom is 0.382 e. The predicted octanol–water partition coefficient (Wildman–Crippen LogP) is 1.48. The molecule has 0 spiro atoms. The third-order valence-corrected chi connectivity index (χ3v) is 5.41. The molecule has 1 heterocycles. The van der Waals surface area contributed by atoms with Crippen LogP contribution in [0.3, 0.4) is 0 Å². The molecule has 0 aliphatic heterocycles. The van der Waals surface area contributed by atoms with Gasteiger partial charge in [-0.3, -0.25) is 0 Å². The largest absolute Gasteiger partial charge is 0.478 e. The molecule has 2 aromatic rings. The van der Waals surface area contributed by atoms with Gasteiger partial charge >= 0.3 is 11.9 Å². The van der Waals surface area contributed by atoms with E-state index in [9.17, 15) is 19.8 Å². The number of carboxylic acid groups (broad SMARTS) is 2. The summed E-state index contributed by atoms with van der Waals surface area (Å²) in [5.74, 6) is 3.22. The molecule has 2 rings (SSSR count). The second-order valence-corrected chi connectivity index (χ2v) is 7.95. The first kappa shape index (κ1) is 30.5. The summed E-state index contributed by atoms with van der Waals surface area (Å²) in [6, 6.07) is 6.29. The average Bonchev–Trinajstić information content (AvgIpc) is 2.92. The first-order valence-corrected chi connectivity index (χ1v) is 11.8. The maximum atomic E-state index is 11.4. The third-order valence-electron chi connectivity index (χ3n) is 5.41. The summed E-state index contributed by atoms with van der Waals surface area (Å²) in [6.45, 7) is 3.23. The van der Waals surface area contributed by atoms with Crippen LogP contribution in [0.4, 0.5) is 11.6 Å². The highest BCUT2D eigenvalue weighted by Gasteiger charge is 2.23. The summed E-state index contributed by atoms with van der Waals surface area (Å²) in [6.07, 6.45) is 0. The molecule has 1 aromatic carbocycles. The minimum absolute atomic E-state index is 0.130. The van der Waals surface area contributed by atoms with Crippen molar-refractivity contribution in [3.63, 3.8) is 0 Å². The second-order valence-electron chi connectivity index (χ2n) is 7.95. The fourth-order valence-corrected chi connectivity index (χ4v) is 3.47. The van der Waals surface area contributed by atoms with Gasteiger partial charge in [-0.1, -0.05) is 12.1 Å². The maximum absolute atomic E-state index is 11.4. The Morgan fingerprint density at radius 2 is 1.24 bits per heavy atom. The van der Waals surface area contributed by atoms with Crippen molar-refractivity contribution in [1.29, 1.82) is 0 Å². The highest BCUT2D eigenvalue weighted by Crippen LogP contribution is 2.32.